The second-order valence-corrected chi connectivity index (χ2v) is 5.78. The maximum Gasteiger partial charge on any atom is 0.282 e. The molecule has 2 aromatic carbocycles. The Kier molecular flexibility index (Phi) is 4.74. The third-order valence-corrected chi connectivity index (χ3v) is 4.08. The normalized spacial score (nSPS) is 14.2. The molecule has 0 spiro atoms. The molecule has 2 amide bonds. The van der Waals surface area contributed by atoms with Gasteiger partial charge in [-0.1, -0.05) is 18.2 Å². The fourth-order valence-electron chi connectivity index (χ4n) is 2.85. The summed E-state index contributed by atoms with van der Waals surface area (Å²) in [6.07, 6.45) is 2.36. The molecule has 1 aliphatic rings. The van der Waals surface area contributed by atoms with Crippen molar-refractivity contribution in [2.45, 2.75) is 19.3 Å². The minimum absolute atomic E-state index is 0.00745. The van der Waals surface area contributed by atoms with E-state index in [1.54, 1.807) is 29.2 Å². The van der Waals surface area contributed by atoms with Gasteiger partial charge in [0.2, 0.25) is 5.91 Å². The van der Waals surface area contributed by atoms with Crippen molar-refractivity contribution in [2.75, 3.05) is 16.8 Å². The minimum Gasteiger partial charge on any atom is -0.322 e. The van der Waals surface area contributed by atoms with E-state index < -0.39 is 10.8 Å². The van der Waals surface area contributed by atoms with Gasteiger partial charge in [0, 0.05) is 30.4 Å². The van der Waals surface area contributed by atoms with E-state index in [0.29, 0.717) is 24.3 Å². The summed E-state index contributed by atoms with van der Waals surface area (Å²) < 4.78 is 0. The molecule has 0 saturated carbocycles. The SMILES string of the molecule is O=C(Nc1cccc(N2CCCCC2=O)c1)c1ccccc1[N+](=O)[O-]. The lowest BCUT2D eigenvalue weighted by molar-refractivity contribution is -0.385. The van der Waals surface area contributed by atoms with Gasteiger partial charge in [-0.15, -0.1) is 0 Å². The molecule has 0 unspecified atom stereocenters. The number of nitrogens with one attached hydrogen (secondary N) is 1. The van der Waals surface area contributed by atoms with E-state index in [-0.39, 0.29) is 17.2 Å². The zero-order valence-electron chi connectivity index (χ0n) is 13.5. The van der Waals surface area contributed by atoms with E-state index in [2.05, 4.69) is 5.32 Å². The molecule has 0 radical (unpaired) electrons. The first-order valence-electron chi connectivity index (χ1n) is 8.01. The lowest BCUT2D eigenvalue weighted by atomic mass is 10.1. The van der Waals surface area contributed by atoms with Crippen LogP contribution in [0.25, 0.3) is 0 Å². The van der Waals surface area contributed by atoms with Crippen LogP contribution in [0.3, 0.4) is 0 Å². The molecule has 0 atom stereocenters. The van der Waals surface area contributed by atoms with Crippen molar-refractivity contribution in [3.63, 3.8) is 0 Å². The number of carbonyl (C=O) groups excluding carboxylic acids is 2. The monoisotopic (exact) mass is 339 g/mol. The third kappa shape index (κ3) is 3.65. The van der Waals surface area contributed by atoms with E-state index >= 15 is 0 Å². The van der Waals surface area contributed by atoms with Crippen LogP contribution in [0, 0.1) is 10.1 Å². The van der Waals surface area contributed by atoms with E-state index in [9.17, 15) is 19.7 Å². The van der Waals surface area contributed by atoms with Crippen LogP contribution in [-0.4, -0.2) is 23.3 Å². The number of nitrogens with zero attached hydrogens (tertiary/aromatic N) is 2. The van der Waals surface area contributed by atoms with E-state index in [4.69, 9.17) is 0 Å². The Morgan fingerprint density at radius 2 is 1.92 bits per heavy atom. The summed E-state index contributed by atoms with van der Waals surface area (Å²) in [6, 6.07) is 12.7. The van der Waals surface area contributed by atoms with Gasteiger partial charge in [-0.3, -0.25) is 19.7 Å². The molecule has 1 fully saturated rings. The third-order valence-electron chi connectivity index (χ3n) is 4.08. The van der Waals surface area contributed by atoms with Crippen molar-refractivity contribution < 1.29 is 14.5 Å². The predicted molar refractivity (Wildman–Crippen MR) is 93.7 cm³/mol. The summed E-state index contributed by atoms with van der Waals surface area (Å²) in [5.41, 5.74) is 0.943. The highest BCUT2D eigenvalue weighted by Gasteiger charge is 2.21. The first kappa shape index (κ1) is 16.6. The van der Waals surface area contributed by atoms with Crippen LogP contribution in [0.1, 0.15) is 29.6 Å². The second kappa shape index (κ2) is 7.12. The maximum absolute atomic E-state index is 12.4. The van der Waals surface area contributed by atoms with E-state index in [1.165, 1.54) is 18.2 Å². The first-order chi connectivity index (χ1) is 12.1. The number of nitro groups is 1. The van der Waals surface area contributed by atoms with Crippen molar-refractivity contribution in [1.82, 2.24) is 0 Å². The summed E-state index contributed by atoms with van der Waals surface area (Å²) >= 11 is 0. The summed E-state index contributed by atoms with van der Waals surface area (Å²) in [5.74, 6) is -0.497. The molecule has 1 saturated heterocycles. The van der Waals surface area contributed by atoms with Crippen molar-refractivity contribution in [2.24, 2.45) is 0 Å². The van der Waals surface area contributed by atoms with Gasteiger partial charge in [-0.05, 0) is 37.1 Å². The van der Waals surface area contributed by atoms with Gasteiger partial charge in [0.1, 0.15) is 5.56 Å². The largest absolute Gasteiger partial charge is 0.322 e. The van der Waals surface area contributed by atoms with Crippen molar-refractivity contribution in [1.29, 1.82) is 0 Å². The zero-order chi connectivity index (χ0) is 17.8. The Bertz CT molecular complexity index is 835. The molecule has 1 N–H and O–H groups in total. The Morgan fingerprint density at radius 3 is 2.68 bits per heavy atom. The van der Waals surface area contributed by atoms with Crippen LogP contribution in [0.2, 0.25) is 0 Å². The van der Waals surface area contributed by atoms with Gasteiger partial charge >= 0.3 is 0 Å². The summed E-state index contributed by atoms with van der Waals surface area (Å²) in [6.45, 7) is 0.653. The fourth-order valence-corrected chi connectivity index (χ4v) is 2.85. The zero-order valence-corrected chi connectivity index (χ0v) is 13.5. The Balaban J connectivity index is 1.82. The molecule has 2 aromatic rings. The van der Waals surface area contributed by atoms with Gasteiger partial charge in [-0.2, -0.15) is 0 Å². The molecule has 0 aromatic heterocycles. The lowest BCUT2D eigenvalue weighted by Gasteiger charge is -2.27. The molecule has 0 bridgehead atoms. The topological polar surface area (TPSA) is 92.6 Å². The highest BCUT2D eigenvalue weighted by molar-refractivity contribution is 6.07. The molecule has 3 rings (SSSR count). The second-order valence-electron chi connectivity index (χ2n) is 5.78. The predicted octanol–water partition coefficient (Wildman–Crippen LogP) is 3.36. The number of nitro benzene ring substituents is 1. The summed E-state index contributed by atoms with van der Waals surface area (Å²) in [7, 11) is 0. The van der Waals surface area contributed by atoms with Crippen LogP contribution in [0.15, 0.2) is 48.5 Å². The molecule has 1 heterocycles. The number of para-hydroxylation sites is 1. The Hall–Kier alpha value is -3.22. The van der Waals surface area contributed by atoms with Crippen molar-refractivity contribution >= 4 is 28.9 Å². The molecule has 1 aliphatic heterocycles. The molecule has 7 heteroatoms. The number of benzene rings is 2. The number of amides is 2. The number of carbonyl (C=O) groups is 2. The average molecular weight is 339 g/mol. The summed E-state index contributed by atoms with van der Waals surface area (Å²) in [4.78, 5) is 36.6. The van der Waals surface area contributed by atoms with Crippen LogP contribution in [-0.2, 0) is 4.79 Å². The van der Waals surface area contributed by atoms with Gasteiger partial charge in [0.05, 0.1) is 4.92 Å². The highest BCUT2D eigenvalue weighted by atomic mass is 16.6. The van der Waals surface area contributed by atoms with Gasteiger partial charge in [0.25, 0.3) is 11.6 Å². The van der Waals surface area contributed by atoms with Gasteiger partial charge < -0.3 is 10.2 Å². The standard InChI is InChI=1S/C18H17N3O4/c22-17-10-3-4-11-20(17)14-7-5-6-13(12-14)19-18(23)15-8-1-2-9-16(15)21(24)25/h1-2,5-9,12H,3-4,10-11H2,(H,19,23). The summed E-state index contributed by atoms with van der Waals surface area (Å²) in [5, 5.41) is 13.7. The van der Waals surface area contributed by atoms with Crippen LogP contribution < -0.4 is 10.2 Å². The number of hydrogen-bond acceptors (Lipinski definition) is 4. The van der Waals surface area contributed by atoms with Crippen LogP contribution in [0.4, 0.5) is 17.1 Å². The molecule has 7 nitrogen and oxygen atoms in total. The number of hydrogen-bond donors (Lipinski definition) is 1. The van der Waals surface area contributed by atoms with Crippen molar-refractivity contribution in [3.05, 3.63) is 64.2 Å². The lowest BCUT2D eigenvalue weighted by Crippen LogP contribution is -2.35. The van der Waals surface area contributed by atoms with Crippen molar-refractivity contribution in [3.8, 4) is 0 Å². The van der Waals surface area contributed by atoms with E-state index in [1.807, 2.05) is 6.07 Å². The quantitative estimate of drug-likeness (QED) is 0.683. The Labute approximate surface area is 144 Å². The van der Waals surface area contributed by atoms with Crippen LogP contribution >= 0.6 is 0 Å². The molecular weight excluding hydrogens is 322 g/mol. The van der Waals surface area contributed by atoms with Gasteiger partial charge in [-0.25, -0.2) is 0 Å². The molecule has 128 valence electrons. The Morgan fingerprint density at radius 1 is 1.12 bits per heavy atom. The average Bonchev–Trinajstić information content (AvgIpc) is 2.62. The number of anilines is 2. The molecule has 25 heavy (non-hydrogen) atoms. The highest BCUT2D eigenvalue weighted by Crippen LogP contribution is 2.25. The van der Waals surface area contributed by atoms with Gasteiger partial charge in [0.15, 0.2) is 0 Å². The maximum atomic E-state index is 12.4. The molecule has 0 aliphatic carbocycles. The number of rotatable bonds is 4. The number of piperidine rings is 1. The smallest absolute Gasteiger partial charge is 0.282 e. The van der Waals surface area contributed by atoms with E-state index in [0.717, 1.165) is 12.8 Å². The molecular formula is C18H17N3O4. The fraction of sp³-hybridized carbons (Fsp3) is 0.222. The minimum atomic E-state index is -0.586. The first-order valence-corrected chi connectivity index (χ1v) is 8.01. The van der Waals surface area contributed by atoms with Crippen LogP contribution in [0.5, 0.6) is 0 Å².